The molecule has 6 fully saturated rings. The number of fused-ring (bicyclic) bond motifs is 5. The van der Waals surface area contributed by atoms with Crippen molar-refractivity contribution >= 4 is 0 Å². The van der Waals surface area contributed by atoms with Crippen LogP contribution in [0.3, 0.4) is 0 Å². The Morgan fingerprint density at radius 1 is 0.815 bits per heavy atom. The highest BCUT2D eigenvalue weighted by molar-refractivity contribution is 5.24. The van der Waals surface area contributed by atoms with Gasteiger partial charge in [-0.15, -0.1) is 0 Å². The zero-order valence-corrected chi connectivity index (χ0v) is 33.7. The second-order valence-corrected chi connectivity index (χ2v) is 19.6. The molecule has 0 aromatic heterocycles. The number of hydrogen-bond donors (Lipinski definition) is 8. The van der Waals surface area contributed by atoms with Crippen LogP contribution in [0.1, 0.15) is 107 Å². The van der Waals surface area contributed by atoms with Gasteiger partial charge in [-0.3, -0.25) is 0 Å². The van der Waals surface area contributed by atoms with Gasteiger partial charge in [-0.1, -0.05) is 58.4 Å². The van der Waals surface area contributed by atoms with Gasteiger partial charge in [0.25, 0.3) is 0 Å². The molecular formula is C42H70O12. The summed E-state index contributed by atoms with van der Waals surface area (Å²) in [6.07, 6.45) is -7.55. The fourth-order valence-corrected chi connectivity index (χ4v) is 13.0. The van der Waals surface area contributed by atoms with E-state index in [1.807, 2.05) is 0 Å². The molecule has 6 aliphatic rings. The van der Waals surface area contributed by atoms with Crippen molar-refractivity contribution in [1.29, 1.82) is 0 Å². The Morgan fingerprint density at radius 3 is 2.15 bits per heavy atom. The topological polar surface area (TPSA) is 199 Å². The fourth-order valence-electron chi connectivity index (χ4n) is 13.0. The molecule has 0 amide bonds. The van der Waals surface area contributed by atoms with Crippen LogP contribution in [0.5, 0.6) is 0 Å². The smallest absolute Gasteiger partial charge is 0.187 e. The van der Waals surface area contributed by atoms with Gasteiger partial charge in [-0.2, -0.15) is 0 Å². The van der Waals surface area contributed by atoms with Crippen molar-refractivity contribution in [1.82, 2.24) is 0 Å². The standard InChI is InChI=1S/C42H70O12/c1-20(2)11-10-12-21(3)23-13-16-41(8)29(23)24(44)17-27-40(7)15-14-28(45)39(5,6)36(40)25(18-42(27,41)9)52-38-35(33(49)31(47)26(19-43)53-38)54-37-34(50)32(48)30(46)22(4)51-37/h11,22-38,43-50H,3,10,12-19H2,1-2,4-9H3/t22-,23+,24+,25-,26+,27+,28-,29-,30-,31+,32+,33-,34+,35+,36-,37-,38+,40+,41+,42+/m0/s1. The lowest BCUT2D eigenvalue weighted by Crippen LogP contribution is -2.71. The van der Waals surface area contributed by atoms with Crippen LogP contribution in [0, 0.1) is 45.3 Å². The first-order valence-corrected chi connectivity index (χ1v) is 20.4. The summed E-state index contributed by atoms with van der Waals surface area (Å²) in [5.74, 6) is 0.0623. The molecule has 310 valence electrons. The van der Waals surface area contributed by atoms with Gasteiger partial charge in [0, 0.05) is 0 Å². The highest BCUT2D eigenvalue weighted by Crippen LogP contribution is 2.76. The van der Waals surface area contributed by atoms with E-state index < -0.39 is 91.7 Å². The number of hydrogen-bond acceptors (Lipinski definition) is 12. The largest absolute Gasteiger partial charge is 0.394 e. The summed E-state index contributed by atoms with van der Waals surface area (Å²) in [4.78, 5) is 0. The predicted molar refractivity (Wildman–Crippen MR) is 199 cm³/mol. The van der Waals surface area contributed by atoms with E-state index in [1.165, 1.54) is 18.1 Å². The lowest BCUT2D eigenvalue weighted by molar-refractivity contribution is -0.381. The summed E-state index contributed by atoms with van der Waals surface area (Å²) in [7, 11) is 0. The first-order valence-electron chi connectivity index (χ1n) is 20.4. The molecular weight excluding hydrogens is 696 g/mol. The van der Waals surface area contributed by atoms with E-state index in [-0.39, 0.29) is 39.9 Å². The lowest BCUT2D eigenvalue weighted by atomic mass is 9.34. The van der Waals surface area contributed by atoms with Crippen molar-refractivity contribution in [3.63, 3.8) is 0 Å². The number of aliphatic hydroxyl groups is 8. The first kappa shape index (κ1) is 42.6. The Hall–Kier alpha value is -1.00. The maximum Gasteiger partial charge on any atom is 0.187 e. The van der Waals surface area contributed by atoms with Gasteiger partial charge < -0.3 is 59.8 Å². The van der Waals surface area contributed by atoms with Crippen LogP contribution in [0.25, 0.3) is 0 Å². The molecule has 2 heterocycles. The lowest BCUT2D eigenvalue weighted by Gasteiger charge is -2.72. The van der Waals surface area contributed by atoms with Gasteiger partial charge in [-0.05, 0) is 117 Å². The molecule has 4 saturated carbocycles. The Kier molecular flexibility index (Phi) is 12.1. The second kappa shape index (κ2) is 15.3. The number of rotatable bonds is 9. The Bertz CT molecular complexity index is 1380. The van der Waals surface area contributed by atoms with Gasteiger partial charge in [0.2, 0.25) is 0 Å². The highest BCUT2D eigenvalue weighted by atomic mass is 16.8. The molecule has 0 bridgehead atoms. The van der Waals surface area contributed by atoms with Crippen molar-refractivity contribution in [2.45, 2.75) is 186 Å². The minimum atomic E-state index is -1.68. The van der Waals surface area contributed by atoms with Crippen molar-refractivity contribution in [2.24, 2.45) is 45.3 Å². The zero-order chi connectivity index (χ0) is 39.9. The van der Waals surface area contributed by atoms with E-state index in [0.29, 0.717) is 19.3 Å². The third-order valence-corrected chi connectivity index (χ3v) is 16.0. The molecule has 12 nitrogen and oxygen atoms in total. The van der Waals surface area contributed by atoms with Gasteiger partial charge in [0.1, 0.15) is 42.7 Å². The zero-order valence-electron chi connectivity index (χ0n) is 33.7. The molecule has 8 N–H and O–H groups in total. The van der Waals surface area contributed by atoms with Gasteiger partial charge in [-0.25, -0.2) is 0 Å². The van der Waals surface area contributed by atoms with Crippen LogP contribution in [0.4, 0.5) is 0 Å². The molecule has 20 atom stereocenters. The van der Waals surface area contributed by atoms with E-state index in [2.05, 4.69) is 61.1 Å². The van der Waals surface area contributed by atoms with Crippen LogP contribution in [-0.4, -0.2) is 127 Å². The molecule has 4 aliphatic carbocycles. The van der Waals surface area contributed by atoms with Crippen molar-refractivity contribution in [3.05, 3.63) is 23.8 Å². The van der Waals surface area contributed by atoms with Crippen molar-refractivity contribution < 1.29 is 59.8 Å². The van der Waals surface area contributed by atoms with E-state index >= 15 is 0 Å². The molecule has 54 heavy (non-hydrogen) atoms. The molecule has 0 spiro atoms. The maximum absolute atomic E-state index is 12.2. The third-order valence-electron chi connectivity index (χ3n) is 16.0. The van der Waals surface area contributed by atoms with Crippen LogP contribution in [0.2, 0.25) is 0 Å². The normalized spacial score (nSPS) is 52.9. The third kappa shape index (κ3) is 6.79. The summed E-state index contributed by atoms with van der Waals surface area (Å²) in [5.41, 5.74) is 0.837. The average molecular weight is 767 g/mol. The molecule has 2 saturated heterocycles. The highest BCUT2D eigenvalue weighted by Gasteiger charge is 2.73. The molecule has 2 aliphatic heterocycles. The summed E-state index contributed by atoms with van der Waals surface area (Å²) >= 11 is 0. The van der Waals surface area contributed by atoms with Crippen molar-refractivity contribution in [3.8, 4) is 0 Å². The van der Waals surface area contributed by atoms with Gasteiger partial charge in [0.05, 0.1) is 31.0 Å². The minimum absolute atomic E-state index is 0.00685. The fraction of sp³-hybridized carbons (Fsp3) is 0.905. The number of aliphatic hydroxyl groups excluding tert-OH is 8. The summed E-state index contributed by atoms with van der Waals surface area (Å²) < 4.78 is 25.2. The summed E-state index contributed by atoms with van der Waals surface area (Å²) in [6.45, 7) is 20.8. The van der Waals surface area contributed by atoms with E-state index in [9.17, 15) is 40.9 Å². The van der Waals surface area contributed by atoms with Crippen LogP contribution < -0.4 is 0 Å². The Morgan fingerprint density at radius 2 is 1.50 bits per heavy atom. The predicted octanol–water partition coefficient (Wildman–Crippen LogP) is 2.95. The second-order valence-electron chi connectivity index (χ2n) is 19.6. The first-order chi connectivity index (χ1) is 25.1. The summed E-state index contributed by atoms with van der Waals surface area (Å²) in [6, 6.07) is 0. The molecule has 0 radical (unpaired) electrons. The minimum Gasteiger partial charge on any atom is -0.394 e. The molecule has 0 aromatic carbocycles. The van der Waals surface area contributed by atoms with Crippen LogP contribution >= 0.6 is 0 Å². The van der Waals surface area contributed by atoms with Gasteiger partial charge >= 0.3 is 0 Å². The van der Waals surface area contributed by atoms with Gasteiger partial charge in [0.15, 0.2) is 12.6 Å². The maximum atomic E-state index is 12.2. The Balaban J connectivity index is 1.37. The van der Waals surface area contributed by atoms with Crippen LogP contribution in [-0.2, 0) is 18.9 Å². The summed E-state index contributed by atoms with van der Waals surface area (Å²) in [5, 5.41) is 88.2. The van der Waals surface area contributed by atoms with E-state index in [0.717, 1.165) is 32.1 Å². The molecule has 0 aromatic rings. The van der Waals surface area contributed by atoms with Crippen molar-refractivity contribution in [2.75, 3.05) is 6.61 Å². The van der Waals surface area contributed by atoms with E-state index in [4.69, 9.17) is 18.9 Å². The van der Waals surface area contributed by atoms with Crippen LogP contribution in [0.15, 0.2) is 23.8 Å². The molecule has 0 unspecified atom stereocenters. The number of ether oxygens (including phenoxy) is 4. The SMILES string of the molecule is C=C(CCC=C(C)C)[C@H]1CC[C@]2(C)[C@@H]1[C@H](O)C[C@@H]1[C@@]3(C)CC[C@H](O)C(C)(C)[C@@H]3[C@@H](O[C@@H]3O[C@H](CO)[C@@H](O)[C@H](O)[C@H]3O[C@@H]3O[C@@H](C)[C@H](O)[C@@H](O)[C@H]3O)C[C@]12C. The number of allylic oxidation sites excluding steroid dienone is 3. The molecule has 12 heteroatoms. The van der Waals surface area contributed by atoms with E-state index in [1.54, 1.807) is 0 Å². The molecule has 6 rings (SSSR count). The quantitative estimate of drug-likeness (QED) is 0.126. The Labute approximate surface area is 321 Å². The average Bonchev–Trinajstić information content (AvgIpc) is 3.48. The monoisotopic (exact) mass is 766 g/mol.